The van der Waals surface area contributed by atoms with E-state index < -0.39 is 0 Å². The Morgan fingerprint density at radius 3 is 2.30 bits per heavy atom. The van der Waals surface area contributed by atoms with Crippen LogP contribution in [0, 0.1) is 11.8 Å². The molecule has 1 heterocycles. The van der Waals surface area contributed by atoms with Gasteiger partial charge >= 0.3 is 0 Å². The van der Waals surface area contributed by atoms with Crippen molar-refractivity contribution in [3.05, 3.63) is 23.8 Å². The van der Waals surface area contributed by atoms with Crippen molar-refractivity contribution in [3.8, 4) is 11.5 Å². The first-order valence-corrected chi connectivity index (χ1v) is 10.2. The van der Waals surface area contributed by atoms with E-state index in [0.29, 0.717) is 0 Å². The second-order valence-electron chi connectivity index (χ2n) is 8.56. The molecule has 0 aromatic heterocycles. The van der Waals surface area contributed by atoms with Crippen molar-refractivity contribution >= 4 is 5.96 Å². The summed E-state index contributed by atoms with van der Waals surface area (Å²) in [4.78, 5) is 7.04. The summed E-state index contributed by atoms with van der Waals surface area (Å²) in [7, 11) is 5.25. The highest BCUT2D eigenvalue weighted by atomic mass is 16.5. The van der Waals surface area contributed by atoms with E-state index in [-0.39, 0.29) is 5.41 Å². The van der Waals surface area contributed by atoms with Crippen molar-refractivity contribution in [3.63, 3.8) is 0 Å². The number of methoxy groups -OCH3 is 2. The molecular weight excluding hydrogens is 338 g/mol. The average molecular weight is 374 g/mol. The fourth-order valence-corrected chi connectivity index (χ4v) is 4.57. The van der Waals surface area contributed by atoms with Crippen LogP contribution in [0.4, 0.5) is 0 Å². The minimum atomic E-state index is -0.0536. The maximum atomic E-state index is 5.48. The lowest BCUT2D eigenvalue weighted by molar-refractivity contribution is 0.299. The van der Waals surface area contributed by atoms with Gasteiger partial charge in [-0.3, -0.25) is 4.99 Å². The normalized spacial score (nSPS) is 23.1. The highest BCUT2D eigenvalue weighted by Gasteiger charge is 2.36. The van der Waals surface area contributed by atoms with Gasteiger partial charge in [-0.15, -0.1) is 0 Å². The highest BCUT2D eigenvalue weighted by Crippen LogP contribution is 2.36. The van der Waals surface area contributed by atoms with E-state index in [0.717, 1.165) is 48.9 Å². The minimum Gasteiger partial charge on any atom is -0.493 e. The van der Waals surface area contributed by atoms with E-state index in [1.54, 1.807) is 14.2 Å². The first-order chi connectivity index (χ1) is 13.0. The van der Waals surface area contributed by atoms with Crippen molar-refractivity contribution in [2.45, 2.75) is 44.9 Å². The molecule has 1 aliphatic heterocycles. The van der Waals surface area contributed by atoms with Crippen molar-refractivity contribution in [1.82, 2.24) is 10.2 Å². The lowest BCUT2D eigenvalue weighted by Crippen LogP contribution is -2.45. The quantitative estimate of drug-likeness (QED) is 0.632. The Balaban J connectivity index is 1.65. The van der Waals surface area contributed by atoms with Crippen molar-refractivity contribution in [2.75, 3.05) is 40.9 Å². The van der Waals surface area contributed by atoms with Gasteiger partial charge in [-0.2, -0.15) is 0 Å². The number of aliphatic imine (C=N–C) groups is 1. The van der Waals surface area contributed by atoms with Gasteiger partial charge in [-0.25, -0.2) is 0 Å². The molecule has 1 saturated heterocycles. The lowest BCUT2D eigenvalue weighted by atomic mass is 9.82. The first-order valence-electron chi connectivity index (χ1n) is 10.2. The number of likely N-dealkylation sites (tertiary alicyclic amines) is 1. The molecule has 2 aliphatic rings. The molecule has 2 atom stereocenters. The average Bonchev–Trinajstić information content (AvgIpc) is 3.11. The zero-order chi connectivity index (χ0) is 19.4. The van der Waals surface area contributed by atoms with Gasteiger partial charge < -0.3 is 19.7 Å². The number of rotatable bonds is 5. The topological polar surface area (TPSA) is 46.1 Å². The predicted molar refractivity (Wildman–Crippen MR) is 111 cm³/mol. The summed E-state index contributed by atoms with van der Waals surface area (Å²) >= 11 is 0. The molecule has 1 N–H and O–H groups in total. The fourth-order valence-electron chi connectivity index (χ4n) is 4.57. The molecule has 150 valence electrons. The Morgan fingerprint density at radius 1 is 1.11 bits per heavy atom. The Labute approximate surface area is 164 Å². The molecule has 2 unspecified atom stereocenters. The number of nitrogens with zero attached hydrogens (tertiary/aromatic N) is 2. The van der Waals surface area contributed by atoms with Gasteiger partial charge in [0.15, 0.2) is 17.5 Å². The number of guanidine groups is 1. The standard InChI is InChI=1S/C22H35N3O2/c1-22(2,18-10-11-19(26-4)20(12-18)27-5)15-24-21(23-3)25-13-16-8-6-7-9-17(16)14-25/h10-12,16-17H,6-9,13-15H2,1-5H3,(H,23,24). The van der Waals surface area contributed by atoms with Crippen LogP contribution in [0.15, 0.2) is 23.2 Å². The molecule has 1 aliphatic carbocycles. The molecule has 1 aromatic carbocycles. The highest BCUT2D eigenvalue weighted by molar-refractivity contribution is 5.80. The SMILES string of the molecule is CN=C(NCC(C)(C)c1ccc(OC)c(OC)c1)N1CC2CCCCC2C1. The zero-order valence-electron chi connectivity index (χ0n) is 17.5. The van der Waals surface area contributed by atoms with E-state index in [4.69, 9.17) is 9.47 Å². The first kappa shape index (κ1) is 19.8. The van der Waals surface area contributed by atoms with E-state index in [9.17, 15) is 0 Å². The van der Waals surface area contributed by atoms with Crippen LogP contribution in [0.3, 0.4) is 0 Å². The van der Waals surface area contributed by atoms with Crippen molar-refractivity contribution in [2.24, 2.45) is 16.8 Å². The van der Waals surface area contributed by atoms with E-state index in [1.807, 2.05) is 13.1 Å². The maximum absolute atomic E-state index is 5.48. The third kappa shape index (κ3) is 4.33. The second-order valence-corrected chi connectivity index (χ2v) is 8.56. The van der Waals surface area contributed by atoms with Crippen molar-refractivity contribution < 1.29 is 9.47 Å². The van der Waals surface area contributed by atoms with Gasteiger partial charge in [-0.1, -0.05) is 32.8 Å². The predicted octanol–water partition coefficient (Wildman–Crippen LogP) is 3.68. The molecule has 0 amide bonds. The van der Waals surface area contributed by atoms with Crippen LogP contribution >= 0.6 is 0 Å². The van der Waals surface area contributed by atoms with Crippen LogP contribution in [-0.4, -0.2) is 51.8 Å². The molecule has 0 radical (unpaired) electrons. The summed E-state index contributed by atoms with van der Waals surface area (Å²) in [5.41, 5.74) is 1.17. The maximum Gasteiger partial charge on any atom is 0.193 e. The van der Waals surface area contributed by atoms with Gasteiger partial charge in [0, 0.05) is 32.1 Å². The number of ether oxygens (including phenoxy) is 2. The second kappa shape index (κ2) is 8.41. The van der Waals surface area contributed by atoms with E-state index >= 15 is 0 Å². The lowest BCUT2D eigenvalue weighted by Gasteiger charge is -2.30. The smallest absolute Gasteiger partial charge is 0.193 e. The Bertz CT molecular complexity index is 658. The minimum absolute atomic E-state index is 0.0536. The molecule has 0 bridgehead atoms. The summed E-state index contributed by atoms with van der Waals surface area (Å²) in [5, 5.41) is 3.63. The van der Waals surface area contributed by atoms with Crippen LogP contribution in [-0.2, 0) is 5.41 Å². The van der Waals surface area contributed by atoms with E-state index in [2.05, 4.69) is 41.2 Å². The monoisotopic (exact) mass is 373 g/mol. The van der Waals surface area contributed by atoms with Gasteiger partial charge in [0.05, 0.1) is 14.2 Å². The number of benzene rings is 1. The van der Waals surface area contributed by atoms with Gasteiger partial charge in [0.1, 0.15) is 0 Å². The number of hydrogen-bond donors (Lipinski definition) is 1. The summed E-state index contributed by atoms with van der Waals surface area (Å²) in [6.07, 6.45) is 5.56. The molecule has 5 nitrogen and oxygen atoms in total. The molecule has 1 aromatic rings. The van der Waals surface area contributed by atoms with Crippen LogP contribution in [0.25, 0.3) is 0 Å². The summed E-state index contributed by atoms with van der Waals surface area (Å²) < 4.78 is 10.8. The third-order valence-corrected chi connectivity index (χ3v) is 6.34. The van der Waals surface area contributed by atoms with Crippen LogP contribution in [0.2, 0.25) is 0 Å². The number of hydrogen-bond acceptors (Lipinski definition) is 3. The molecule has 0 spiro atoms. The largest absolute Gasteiger partial charge is 0.493 e. The molecular formula is C22H35N3O2. The fraction of sp³-hybridized carbons (Fsp3) is 0.682. The zero-order valence-corrected chi connectivity index (χ0v) is 17.5. The van der Waals surface area contributed by atoms with Crippen LogP contribution in [0.5, 0.6) is 11.5 Å². The Morgan fingerprint density at radius 2 is 1.74 bits per heavy atom. The number of nitrogens with one attached hydrogen (secondary N) is 1. The molecule has 27 heavy (non-hydrogen) atoms. The summed E-state index contributed by atoms with van der Waals surface area (Å²) in [6, 6.07) is 6.18. The van der Waals surface area contributed by atoms with Gasteiger partial charge in [0.2, 0.25) is 0 Å². The van der Waals surface area contributed by atoms with Crippen molar-refractivity contribution in [1.29, 1.82) is 0 Å². The van der Waals surface area contributed by atoms with E-state index in [1.165, 1.54) is 31.2 Å². The molecule has 1 saturated carbocycles. The molecule has 3 rings (SSSR count). The Hall–Kier alpha value is -1.91. The summed E-state index contributed by atoms with van der Waals surface area (Å²) in [5.74, 6) is 4.29. The third-order valence-electron chi connectivity index (χ3n) is 6.34. The van der Waals surface area contributed by atoms with Crippen LogP contribution in [0.1, 0.15) is 45.1 Å². The number of fused-ring (bicyclic) bond motifs is 1. The van der Waals surface area contributed by atoms with Crippen LogP contribution < -0.4 is 14.8 Å². The van der Waals surface area contributed by atoms with Gasteiger partial charge in [0.25, 0.3) is 0 Å². The molecule has 2 fully saturated rings. The summed E-state index contributed by atoms with van der Waals surface area (Å²) in [6.45, 7) is 7.62. The molecule has 5 heteroatoms. The van der Waals surface area contributed by atoms with Gasteiger partial charge in [-0.05, 0) is 42.4 Å². The Kier molecular flexibility index (Phi) is 6.18.